The lowest BCUT2D eigenvalue weighted by atomic mass is 10.1. The molecule has 4 nitrogen and oxygen atoms in total. The molecule has 0 spiro atoms. The SMILES string of the molecule is CCCn1nncc1C(O)C1CC1c1ccccc1. The van der Waals surface area contributed by atoms with Gasteiger partial charge >= 0.3 is 0 Å². The molecular formula is C15H19N3O. The number of benzene rings is 1. The number of aryl methyl sites for hydroxylation is 1. The molecule has 1 heterocycles. The van der Waals surface area contributed by atoms with Crippen LogP contribution in [0, 0.1) is 5.92 Å². The number of aliphatic hydroxyl groups excluding tert-OH is 1. The number of rotatable bonds is 5. The van der Waals surface area contributed by atoms with Crippen molar-refractivity contribution in [1.29, 1.82) is 0 Å². The Morgan fingerprint density at radius 1 is 1.37 bits per heavy atom. The molecule has 100 valence electrons. The van der Waals surface area contributed by atoms with Gasteiger partial charge in [-0.2, -0.15) is 0 Å². The molecule has 1 N–H and O–H groups in total. The van der Waals surface area contributed by atoms with Crippen LogP contribution in [0.2, 0.25) is 0 Å². The summed E-state index contributed by atoms with van der Waals surface area (Å²) in [7, 11) is 0. The normalized spacial score (nSPS) is 23.3. The van der Waals surface area contributed by atoms with Crippen LogP contribution in [0.4, 0.5) is 0 Å². The Balaban J connectivity index is 1.72. The van der Waals surface area contributed by atoms with Gasteiger partial charge in [-0.25, -0.2) is 4.68 Å². The lowest BCUT2D eigenvalue weighted by Crippen LogP contribution is -2.11. The molecule has 0 radical (unpaired) electrons. The molecule has 2 aromatic rings. The summed E-state index contributed by atoms with van der Waals surface area (Å²) in [5.74, 6) is 0.776. The maximum absolute atomic E-state index is 10.5. The average Bonchev–Trinajstić information content (AvgIpc) is 3.12. The van der Waals surface area contributed by atoms with Crippen LogP contribution in [-0.4, -0.2) is 20.1 Å². The van der Waals surface area contributed by atoms with Gasteiger partial charge < -0.3 is 5.11 Å². The second kappa shape index (κ2) is 5.13. The lowest BCUT2D eigenvalue weighted by Gasteiger charge is -2.11. The van der Waals surface area contributed by atoms with Gasteiger partial charge in [-0.15, -0.1) is 5.10 Å². The zero-order valence-electron chi connectivity index (χ0n) is 11.1. The van der Waals surface area contributed by atoms with E-state index >= 15 is 0 Å². The van der Waals surface area contributed by atoms with Crippen molar-refractivity contribution in [2.24, 2.45) is 5.92 Å². The number of aliphatic hydroxyl groups is 1. The quantitative estimate of drug-likeness (QED) is 0.895. The van der Waals surface area contributed by atoms with E-state index in [9.17, 15) is 5.11 Å². The zero-order valence-corrected chi connectivity index (χ0v) is 11.1. The molecule has 0 saturated heterocycles. The molecular weight excluding hydrogens is 238 g/mol. The Labute approximate surface area is 113 Å². The average molecular weight is 257 g/mol. The van der Waals surface area contributed by atoms with Crippen LogP contribution in [0.1, 0.15) is 43.0 Å². The van der Waals surface area contributed by atoms with Gasteiger partial charge in [0.15, 0.2) is 0 Å². The van der Waals surface area contributed by atoms with E-state index in [0.717, 1.165) is 25.1 Å². The molecule has 0 aliphatic heterocycles. The highest BCUT2D eigenvalue weighted by molar-refractivity contribution is 5.27. The van der Waals surface area contributed by atoms with Crippen molar-refractivity contribution in [3.05, 3.63) is 47.8 Å². The summed E-state index contributed by atoms with van der Waals surface area (Å²) >= 11 is 0. The largest absolute Gasteiger partial charge is 0.386 e. The van der Waals surface area contributed by atoms with Crippen molar-refractivity contribution >= 4 is 0 Å². The van der Waals surface area contributed by atoms with E-state index in [4.69, 9.17) is 0 Å². The van der Waals surface area contributed by atoms with Gasteiger partial charge in [-0.1, -0.05) is 42.5 Å². The molecule has 0 amide bonds. The van der Waals surface area contributed by atoms with Crippen molar-refractivity contribution in [2.75, 3.05) is 0 Å². The van der Waals surface area contributed by atoms with Crippen LogP contribution in [0.15, 0.2) is 36.5 Å². The molecule has 1 aliphatic rings. The van der Waals surface area contributed by atoms with E-state index < -0.39 is 6.10 Å². The molecule has 1 saturated carbocycles. The highest BCUT2D eigenvalue weighted by Crippen LogP contribution is 2.53. The van der Waals surface area contributed by atoms with Crippen LogP contribution in [0.25, 0.3) is 0 Å². The summed E-state index contributed by atoms with van der Waals surface area (Å²) in [4.78, 5) is 0. The molecule has 1 aliphatic carbocycles. The number of hydrogen-bond acceptors (Lipinski definition) is 3. The molecule has 0 bridgehead atoms. The Bertz CT molecular complexity index is 537. The fraction of sp³-hybridized carbons (Fsp3) is 0.467. The van der Waals surface area contributed by atoms with Crippen molar-refractivity contribution < 1.29 is 5.11 Å². The van der Waals surface area contributed by atoms with Crippen LogP contribution in [0.3, 0.4) is 0 Å². The van der Waals surface area contributed by atoms with Crippen LogP contribution < -0.4 is 0 Å². The molecule has 3 unspecified atom stereocenters. The first-order chi connectivity index (χ1) is 9.31. The van der Waals surface area contributed by atoms with Crippen molar-refractivity contribution in [3.63, 3.8) is 0 Å². The van der Waals surface area contributed by atoms with Crippen molar-refractivity contribution in [2.45, 2.75) is 38.3 Å². The summed E-state index contributed by atoms with van der Waals surface area (Å²) in [5, 5.41) is 18.5. The molecule has 19 heavy (non-hydrogen) atoms. The fourth-order valence-corrected chi connectivity index (χ4v) is 2.75. The van der Waals surface area contributed by atoms with Crippen LogP contribution in [0.5, 0.6) is 0 Å². The third-order valence-electron chi connectivity index (χ3n) is 3.86. The molecule has 1 fully saturated rings. The maximum Gasteiger partial charge on any atom is 0.101 e. The van der Waals surface area contributed by atoms with E-state index in [1.165, 1.54) is 5.56 Å². The molecule has 3 atom stereocenters. The van der Waals surface area contributed by atoms with E-state index in [-0.39, 0.29) is 0 Å². The summed E-state index contributed by atoms with van der Waals surface area (Å²) in [6, 6.07) is 10.4. The van der Waals surface area contributed by atoms with Gasteiger partial charge in [0.1, 0.15) is 6.10 Å². The van der Waals surface area contributed by atoms with Crippen LogP contribution in [-0.2, 0) is 6.54 Å². The molecule has 3 rings (SSSR count). The van der Waals surface area contributed by atoms with Gasteiger partial charge in [0.25, 0.3) is 0 Å². The first kappa shape index (κ1) is 12.4. The standard InChI is InChI=1S/C15H19N3O/c1-2-8-18-14(10-16-17-18)15(19)13-9-12(13)11-6-4-3-5-7-11/h3-7,10,12-13,15,19H,2,8-9H2,1H3. The summed E-state index contributed by atoms with van der Waals surface area (Å²) in [5.41, 5.74) is 2.17. The molecule has 1 aromatic heterocycles. The van der Waals surface area contributed by atoms with E-state index in [0.29, 0.717) is 11.8 Å². The predicted octanol–water partition coefficient (Wildman–Crippen LogP) is 2.53. The Morgan fingerprint density at radius 3 is 2.89 bits per heavy atom. The van der Waals surface area contributed by atoms with Gasteiger partial charge in [-0.3, -0.25) is 0 Å². The lowest BCUT2D eigenvalue weighted by molar-refractivity contribution is 0.140. The monoisotopic (exact) mass is 257 g/mol. The smallest absolute Gasteiger partial charge is 0.101 e. The fourth-order valence-electron chi connectivity index (χ4n) is 2.75. The minimum Gasteiger partial charge on any atom is -0.386 e. The van der Waals surface area contributed by atoms with Gasteiger partial charge in [0.2, 0.25) is 0 Å². The predicted molar refractivity (Wildman–Crippen MR) is 72.6 cm³/mol. The van der Waals surface area contributed by atoms with Gasteiger partial charge in [0, 0.05) is 6.54 Å². The van der Waals surface area contributed by atoms with E-state index in [1.807, 2.05) is 10.7 Å². The summed E-state index contributed by atoms with van der Waals surface area (Å²) < 4.78 is 1.82. The first-order valence-corrected chi connectivity index (χ1v) is 6.92. The van der Waals surface area contributed by atoms with Crippen molar-refractivity contribution in [3.8, 4) is 0 Å². The van der Waals surface area contributed by atoms with Crippen molar-refractivity contribution in [1.82, 2.24) is 15.0 Å². The highest BCUT2D eigenvalue weighted by Gasteiger charge is 2.44. The number of nitrogens with zero attached hydrogens (tertiary/aromatic N) is 3. The summed E-state index contributed by atoms with van der Waals surface area (Å²) in [6.45, 7) is 2.91. The van der Waals surface area contributed by atoms with E-state index in [1.54, 1.807) is 6.20 Å². The Kier molecular flexibility index (Phi) is 3.34. The minimum atomic E-state index is -0.452. The maximum atomic E-state index is 10.5. The Morgan fingerprint density at radius 2 is 2.16 bits per heavy atom. The minimum absolute atomic E-state index is 0.302. The third kappa shape index (κ3) is 2.40. The zero-order chi connectivity index (χ0) is 13.2. The Hall–Kier alpha value is -1.68. The first-order valence-electron chi connectivity index (χ1n) is 6.92. The topological polar surface area (TPSA) is 50.9 Å². The second-order valence-corrected chi connectivity index (χ2v) is 5.24. The molecule has 4 heteroatoms. The molecule has 1 aromatic carbocycles. The van der Waals surface area contributed by atoms with Crippen LogP contribution >= 0.6 is 0 Å². The van der Waals surface area contributed by atoms with Gasteiger partial charge in [0.05, 0.1) is 11.9 Å². The van der Waals surface area contributed by atoms with E-state index in [2.05, 4.69) is 41.5 Å². The summed E-state index contributed by atoms with van der Waals surface area (Å²) in [6.07, 6.45) is 3.28. The van der Waals surface area contributed by atoms with Gasteiger partial charge in [-0.05, 0) is 30.2 Å². The highest BCUT2D eigenvalue weighted by atomic mass is 16.3. The number of aromatic nitrogens is 3. The number of hydrogen-bond donors (Lipinski definition) is 1. The third-order valence-corrected chi connectivity index (χ3v) is 3.86. The second-order valence-electron chi connectivity index (χ2n) is 5.24.